The molecule has 1 N–H and O–H groups in total. The standard InChI is InChI=1S/C22H21ClN4O/c1-14(2)27-20(15-7-9-18(28-3)10-8-15)12-19-21(24-13-25-22(19)27)26-17-6-4-5-16(23)11-17/h4-14H,1-3H3,(H,24,25,26). The smallest absolute Gasteiger partial charge is 0.146 e. The molecule has 142 valence electrons. The molecule has 0 saturated heterocycles. The molecule has 28 heavy (non-hydrogen) atoms. The molecular formula is C22H21ClN4O. The Hall–Kier alpha value is -3.05. The first-order valence-electron chi connectivity index (χ1n) is 9.10. The highest BCUT2D eigenvalue weighted by Crippen LogP contribution is 2.34. The first kappa shape index (κ1) is 18.3. The Bertz CT molecular complexity index is 1120. The third kappa shape index (κ3) is 3.41. The van der Waals surface area contributed by atoms with E-state index in [4.69, 9.17) is 16.3 Å². The third-order valence-electron chi connectivity index (χ3n) is 4.62. The predicted molar refractivity (Wildman–Crippen MR) is 115 cm³/mol. The van der Waals surface area contributed by atoms with Crippen molar-refractivity contribution in [2.45, 2.75) is 19.9 Å². The topological polar surface area (TPSA) is 52.0 Å². The van der Waals surface area contributed by atoms with Crippen molar-refractivity contribution in [2.75, 3.05) is 12.4 Å². The average molecular weight is 393 g/mol. The molecule has 0 aliphatic heterocycles. The summed E-state index contributed by atoms with van der Waals surface area (Å²) < 4.78 is 7.51. The SMILES string of the molecule is COc1ccc(-c2cc3c(Nc4cccc(Cl)c4)ncnc3n2C(C)C)cc1. The molecule has 0 fully saturated rings. The van der Waals surface area contributed by atoms with Gasteiger partial charge in [-0.25, -0.2) is 9.97 Å². The van der Waals surface area contributed by atoms with Crippen LogP contribution in [0.5, 0.6) is 5.75 Å². The fraction of sp³-hybridized carbons (Fsp3) is 0.182. The maximum Gasteiger partial charge on any atom is 0.146 e. The molecule has 0 aliphatic carbocycles. The molecule has 5 nitrogen and oxygen atoms in total. The lowest BCUT2D eigenvalue weighted by molar-refractivity contribution is 0.415. The van der Waals surface area contributed by atoms with Gasteiger partial charge in [0.1, 0.15) is 23.5 Å². The summed E-state index contributed by atoms with van der Waals surface area (Å²) in [5, 5.41) is 5.00. The Morgan fingerprint density at radius 1 is 1.04 bits per heavy atom. The van der Waals surface area contributed by atoms with Crippen LogP contribution in [0.4, 0.5) is 11.5 Å². The van der Waals surface area contributed by atoms with Gasteiger partial charge in [-0.05, 0) is 67.9 Å². The van der Waals surface area contributed by atoms with Crippen molar-refractivity contribution >= 4 is 34.1 Å². The Morgan fingerprint density at radius 2 is 1.82 bits per heavy atom. The van der Waals surface area contributed by atoms with Crippen molar-refractivity contribution in [1.29, 1.82) is 0 Å². The number of hydrogen-bond acceptors (Lipinski definition) is 4. The van der Waals surface area contributed by atoms with Crippen LogP contribution in [0.15, 0.2) is 60.9 Å². The summed E-state index contributed by atoms with van der Waals surface area (Å²) in [6.07, 6.45) is 1.59. The van der Waals surface area contributed by atoms with E-state index < -0.39 is 0 Å². The van der Waals surface area contributed by atoms with Crippen LogP contribution in [0.3, 0.4) is 0 Å². The van der Waals surface area contributed by atoms with Crippen LogP contribution >= 0.6 is 11.6 Å². The average Bonchev–Trinajstić information content (AvgIpc) is 3.09. The van der Waals surface area contributed by atoms with Crippen molar-refractivity contribution in [3.8, 4) is 17.0 Å². The normalized spacial score (nSPS) is 11.2. The molecule has 0 spiro atoms. The van der Waals surface area contributed by atoms with E-state index in [1.54, 1.807) is 13.4 Å². The molecule has 0 saturated carbocycles. The molecule has 6 heteroatoms. The van der Waals surface area contributed by atoms with Gasteiger partial charge in [-0.2, -0.15) is 0 Å². The number of methoxy groups -OCH3 is 1. The van der Waals surface area contributed by atoms with E-state index in [0.717, 1.165) is 39.5 Å². The number of ether oxygens (including phenoxy) is 1. The zero-order valence-electron chi connectivity index (χ0n) is 16.0. The van der Waals surface area contributed by atoms with E-state index in [1.807, 2.05) is 36.4 Å². The Morgan fingerprint density at radius 3 is 2.50 bits per heavy atom. The van der Waals surface area contributed by atoms with Crippen molar-refractivity contribution in [2.24, 2.45) is 0 Å². The zero-order chi connectivity index (χ0) is 19.7. The Balaban J connectivity index is 1.85. The van der Waals surface area contributed by atoms with Crippen LogP contribution in [0.2, 0.25) is 5.02 Å². The number of benzene rings is 2. The maximum atomic E-state index is 6.12. The van der Waals surface area contributed by atoms with Crippen LogP contribution in [0, 0.1) is 0 Å². The molecule has 2 heterocycles. The number of aromatic nitrogens is 3. The van der Waals surface area contributed by atoms with E-state index in [2.05, 4.69) is 51.9 Å². The maximum absolute atomic E-state index is 6.12. The quantitative estimate of drug-likeness (QED) is 0.446. The van der Waals surface area contributed by atoms with Gasteiger partial charge in [-0.15, -0.1) is 0 Å². The van der Waals surface area contributed by atoms with Crippen LogP contribution in [-0.2, 0) is 0 Å². The van der Waals surface area contributed by atoms with Gasteiger partial charge < -0.3 is 14.6 Å². The number of anilines is 2. The lowest BCUT2D eigenvalue weighted by atomic mass is 10.1. The lowest BCUT2D eigenvalue weighted by Crippen LogP contribution is -2.04. The molecule has 0 bridgehead atoms. The Labute approximate surface area is 169 Å². The number of rotatable bonds is 5. The lowest BCUT2D eigenvalue weighted by Gasteiger charge is -2.14. The summed E-state index contributed by atoms with van der Waals surface area (Å²) in [7, 11) is 1.67. The third-order valence-corrected chi connectivity index (χ3v) is 4.86. The van der Waals surface area contributed by atoms with Crippen molar-refractivity contribution in [3.63, 3.8) is 0 Å². The summed E-state index contributed by atoms with van der Waals surface area (Å²) in [6, 6.07) is 18.0. The van der Waals surface area contributed by atoms with Gasteiger partial charge in [-0.1, -0.05) is 17.7 Å². The zero-order valence-corrected chi connectivity index (χ0v) is 16.7. The van der Waals surface area contributed by atoms with Crippen molar-refractivity contribution < 1.29 is 4.74 Å². The monoisotopic (exact) mass is 392 g/mol. The van der Waals surface area contributed by atoms with Crippen molar-refractivity contribution in [1.82, 2.24) is 14.5 Å². The first-order valence-corrected chi connectivity index (χ1v) is 9.47. The summed E-state index contributed by atoms with van der Waals surface area (Å²) >= 11 is 6.12. The molecular weight excluding hydrogens is 372 g/mol. The molecule has 0 aliphatic rings. The van der Waals surface area contributed by atoms with Gasteiger partial charge in [0, 0.05) is 16.8 Å². The van der Waals surface area contributed by atoms with E-state index in [1.165, 1.54) is 0 Å². The fourth-order valence-corrected chi connectivity index (χ4v) is 3.53. The van der Waals surface area contributed by atoms with Crippen LogP contribution in [-0.4, -0.2) is 21.6 Å². The highest BCUT2D eigenvalue weighted by molar-refractivity contribution is 6.30. The number of fused-ring (bicyclic) bond motifs is 1. The number of nitrogens with one attached hydrogen (secondary N) is 1. The minimum absolute atomic E-state index is 0.239. The predicted octanol–water partition coefficient (Wildman–Crippen LogP) is 6.08. The van der Waals surface area contributed by atoms with Gasteiger partial charge >= 0.3 is 0 Å². The van der Waals surface area contributed by atoms with E-state index >= 15 is 0 Å². The molecule has 0 unspecified atom stereocenters. The molecule has 4 rings (SSSR count). The molecule has 2 aromatic carbocycles. The van der Waals surface area contributed by atoms with Gasteiger partial charge in [0.2, 0.25) is 0 Å². The summed E-state index contributed by atoms with van der Waals surface area (Å²) in [4.78, 5) is 9.03. The van der Waals surface area contributed by atoms with Crippen LogP contribution in [0.25, 0.3) is 22.3 Å². The second-order valence-corrected chi connectivity index (χ2v) is 7.25. The second kappa shape index (κ2) is 7.52. The van der Waals surface area contributed by atoms with E-state index in [9.17, 15) is 0 Å². The van der Waals surface area contributed by atoms with E-state index in [-0.39, 0.29) is 6.04 Å². The Kier molecular flexibility index (Phi) is 4.92. The number of nitrogens with zero attached hydrogens (tertiary/aromatic N) is 3. The van der Waals surface area contributed by atoms with Gasteiger partial charge in [0.05, 0.1) is 18.2 Å². The molecule has 0 atom stereocenters. The highest BCUT2D eigenvalue weighted by atomic mass is 35.5. The molecule has 0 radical (unpaired) electrons. The molecule has 0 amide bonds. The summed E-state index contributed by atoms with van der Waals surface area (Å²) in [5.74, 6) is 1.58. The van der Waals surface area contributed by atoms with Crippen LogP contribution < -0.4 is 10.1 Å². The molecule has 4 aromatic rings. The fourth-order valence-electron chi connectivity index (χ4n) is 3.34. The second-order valence-electron chi connectivity index (χ2n) is 6.82. The van der Waals surface area contributed by atoms with Gasteiger partial charge in [0.25, 0.3) is 0 Å². The van der Waals surface area contributed by atoms with Gasteiger partial charge in [-0.3, -0.25) is 0 Å². The van der Waals surface area contributed by atoms with Gasteiger partial charge in [0.15, 0.2) is 0 Å². The highest BCUT2D eigenvalue weighted by Gasteiger charge is 2.17. The molecule has 2 aromatic heterocycles. The largest absolute Gasteiger partial charge is 0.497 e. The number of hydrogen-bond donors (Lipinski definition) is 1. The summed E-state index contributed by atoms with van der Waals surface area (Å²) in [6.45, 7) is 4.30. The van der Waals surface area contributed by atoms with Crippen LogP contribution in [0.1, 0.15) is 19.9 Å². The summed E-state index contributed by atoms with van der Waals surface area (Å²) in [5.41, 5.74) is 3.96. The minimum Gasteiger partial charge on any atom is -0.497 e. The number of halogens is 1. The van der Waals surface area contributed by atoms with E-state index in [0.29, 0.717) is 5.02 Å². The minimum atomic E-state index is 0.239. The van der Waals surface area contributed by atoms with Crippen molar-refractivity contribution in [3.05, 3.63) is 65.9 Å². The first-order chi connectivity index (χ1) is 13.6.